The van der Waals surface area contributed by atoms with E-state index in [1.54, 1.807) is 32.4 Å². The van der Waals surface area contributed by atoms with Gasteiger partial charge in [-0.15, -0.1) is 0 Å². The Morgan fingerprint density at radius 3 is 2.54 bits per heavy atom. The number of hydrogen-bond donors (Lipinski definition) is 2. The number of benzene rings is 2. The Morgan fingerprint density at radius 1 is 0.976 bits per heavy atom. The third kappa shape index (κ3) is 8.60. The van der Waals surface area contributed by atoms with Gasteiger partial charge in [0.15, 0.2) is 16.7 Å². The zero-order chi connectivity index (χ0) is 29.0. The van der Waals surface area contributed by atoms with Crippen LogP contribution >= 0.6 is 11.8 Å². The molecule has 0 spiro atoms. The van der Waals surface area contributed by atoms with Gasteiger partial charge in [0.1, 0.15) is 0 Å². The number of nitrogens with zero attached hydrogens (tertiary/aromatic N) is 2. The van der Waals surface area contributed by atoms with Gasteiger partial charge in [0.05, 0.1) is 30.9 Å². The summed E-state index contributed by atoms with van der Waals surface area (Å²) < 4.78 is 12.1. The summed E-state index contributed by atoms with van der Waals surface area (Å²) in [7, 11) is 3.17. The molecule has 2 aromatic carbocycles. The first kappa shape index (κ1) is 30.2. The van der Waals surface area contributed by atoms with Gasteiger partial charge in [-0.25, -0.2) is 4.98 Å². The van der Waals surface area contributed by atoms with Crippen LogP contribution in [-0.4, -0.2) is 54.4 Å². The predicted molar refractivity (Wildman–Crippen MR) is 162 cm³/mol. The second kappa shape index (κ2) is 15.3. The van der Waals surface area contributed by atoms with Gasteiger partial charge < -0.3 is 20.1 Å². The molecule has 2 N–H and O–H groups in total. The molecule has 0 bridgehead atoms. The maximum atomic E-state index is 13.3. The third-order valence-electron chi connectivity index (χ3n) is 7.06. The summed E-state index contributed by atoms with van der Waals surface area (Å²) in [6.45, 7) is 1.21. The molecule has 1 aliphatic carbocycles. The number of carbonyl (C=O) groups excluding carboxylic acids is 2. The van der Waals surface area contributed by atoms with Crippen LogP contribution in [0.1, 0.15) is 44.1 Å². The largest absolute Gasteiger partial charge is 0.493 e. The number of carbonyl (C=O) groups is 2. The number of ether oxygens (including phenoxy) is 2. The summed E-state index contributed by atoms with van der Waals surface area (Å²) in [5, 5.41) is 6.81. The molecule has 0 atom stereocenters. The molecule has 1 heterocycles. The molecule has 0 saturated heterocycles. The van der Waals surface area contributed by atoms with Gasteiger partial charge in [-0.1, -0.05) is 41.6 Å². The number of fused-ring (bicyclic) bond motifs is 1. The lowest BCUT2D eigenvalue weighted by Crippen LogP contribution is -2.30. The zero-order valence-corrected chi connectivity index (χ0v) is 24.6. The minimum absolute atomic E-state index is 0.103. The normalized spacial score (nSPS) is 13.0. The number of allylic oxidation sites excluding steroid dienone is 1. The molecule has 218 valence electrons. The average Bonchev–Trinajstić information content (AvgIpc) is 3.00. The first-order valence-electron chi connectivity index (χ1n) is 14.0. The molecule has 10 heteroatoms. The molecule has 9 nitrogen and oxygen atoms in total. The van der Waals surface area contributed by atoms with E-state index in [2.05, 4.69) is 21.7 Å². The lowest BCUT2D eigenvalue weighted by Gasteiger charge is -2.14. The molecule has 1 aliphatic rings. The van der Waals surface area contributed by atoms with Crippen molar-refractivity contribution in [1.82, 2.24) is 20.2 Å². The van der Waals surface area contributed by atoms with Crippen LogP contribution in [0.2, 0.25) is 0 Å². The number of rotatable bonds is 14. The quantitative estimate of drug-likeness (QED) is 0.167. The lowest BCUT2D eigenvalue weighted by molar-refractivity contribution is -0.121. The van der Waals surface area contributed by atoms with Crippen molar-refractivity contribution in [3.8, 4) is 11.5 Å². The molecular formula is C31H38N4O5S. The van der Waals surface area contributed by atoms with Crippen LogP contribution in [0.4, 0.5) is 0 Å². The zero-order valence-electron chi connectivity index (χ0n) is 23.7. The Kier molecular flexibility index (Phi) is 11.2. The van der Waals surface area contributed by atoms with Crippen molar-refractivity contribution in [2.24, 2.45) is 0 Å². The minimum atomic E-state index is -0.221. The molecule has 0 fully saturated rings. The second-order valence-electron chi connectivity index (χ2n) is 9.90. The van der Waals surface area contributed by atoms with Crippen LogP contribution in [-0.2, 0) is 22.6 Å². The molecule has 3 aromatic rings. The summed E-state index contributed by atoms with van der Waals surface area (Å²) in [5.41, 5.74) is 2.77. The van der Waals surface area contributed by atoms with Crippen LogP contribution in [0.25, 0.3) is 10.9 Å². The van der Waals surface area contributed by atoms with Gasteiger partial charge in [-0.2, -0.15) is 0 Å². The Hall–Kier alpha value is -3.79. The second-order valence-corrected chi connectivity index (χ2v) is 10.8. The number of amides is 2. The third-order valence-corrected chi connectivity index (χ3v) is 8.03. The van der Waals surface area contributed by atoms with Gasteiger partial charge in [0, 0.05) is 26.1 Å². The van der Waals surface area contributed by atoms with Crippen LogP contribution in [0.5, 0.6) is 11.5 Å². The molecule has 0 radical (unpaired) electrons. The molecule has 1 aromatic heterocycles. The first-order chi connectivity index (χ1) is 20.0. The highest BCUT2D eigenvalue weighted by Gasteiger charge is 2.15. The molecule has 0 unspecified atom stereocenters. The number of nitrogens with one attached hydrogen (secondary N) is 2. The Morgan fingerprint density at radius 2 is 1.76 bits per heavy atom. The fourth-order valence-corrected chi connectivity index (χ4v) is 5.67. The van der Waals surface area contributed by atoms with Crippen molar-refractivity contribution in [3.63, 3.8) is 0 Å². The lowest BCUT2D eigenvalue weighted by atomic mass is 9.97. The standard InChI is InChI=1S/C31H38N4O5S/c1-39-26-13-12-23(20-27(26)40-2)15-18-32-28(36)16-19-35-30(38)24-10-6-7-11-25(24)34-31(35)41-21-29(37)33-17-14-22-8-4-3-5-9-22/h6-8,10-13,20H,3-5,9,14-19,21H2,1-2H3,(H,32,36)(H,33,37). The summed E-state index contributed by atoms with van der Waals surface area (Å²) in [4.78, 5) is 43.2. The Labute approximate surface area is 244 Å². The number of aromatic nitrogens is 2. The van der Waals surface area contributed by atoms with E-state index in [-0.39, 0.29) is 36.1 Å². The van der Waals surface area contributed by atoms with Crippen molar-refractivity contribution in [3.05, 3.63) is 70.0 Å². The summed E-state index contributed by atoms with van der Waals surface area (Å²) >= 11 is 1.21. The molecule has 0 aliphatic heterocycles. The molecule has 4 rings (SSSR count). The highest BCUT2D eigenvalue weighted by Crippen LogP contribution is 2.27. The molecule has 0 saturated carbocycles. The summed E-state index contributed by atoms with van der Waals surface area (Å²) in [6.07, 6.45) is 8.59. The Bertz CT molecular complexity index is 1450. The van der Waals surface area contributed by atoms with Crippen LogP contribution in [0.3, 0.4) is 0 Å². The van der Waals surface area contributed by atoms with E-state index >= 15 is 0 Å². The van der Waals surface area contributed by atoms with Gasteiger partial charge in [0.2, 0.25) is 11.8 Å². The van der Waals surface area contributed by atoms with E-state index in [9.17, 15) is 14.4 Å². The van der Waals surface area contributed by atoms with Crippen molar-refractivity contribution in [2.45, 2.75) is 56.6 Å². The molecular weight excluding hydrogens is 540 g/mol. The van der Waals surface area contributed by atoms with Crippen molar-refractivity contribution >= 4 is 34.5 Å². The highest BCUT2D eigenvalue weighted by molar-refractivity contribution is 7.99. The number of thioether (sulfide) groups is 1. The van der Waals surface area contributed by atoms with Crippen molar-refractivity contribution < 1.29 is 19.1 Å². The van der Waals surface area contributed by atoms with Crippen LogP contribution < -0.4 is 25.7 Å². The van der Waals surface area contributed by atoms with E-state index in [0.717, 1.165) is 24.8 Å². The van der Waals surface area contributed by atoms with Crippen LogP contribution in [0, 0.1) is 0 Å². The minimum Gasteiger partial charge on any atom is -0.493 e. The fourth-order valence-electron chi connectivity index (χ4n) is 4.81. The summed E-state index contributed by atoms with van der Waals surface area (Å²) in [5.74, 6) is 1.16. The van der Waals surface area contributed by atoms with E-state index in [0.29, 0.717) is 47.1 Å². The van der Waals surface area contributed by atoms with E-state index in [1.165, 1.54) is 34.7 Å². The van der Waals surface area contributed by atoms with E-state index in [4.69, 9.17) is 9.47 Å². The fraction of sp³-hybridized carbons (Fsp3) is 0.419. The first-order valence-corrected chi connectivity index (χ1v) is 15.0. The van der Waals surface area contributed by atoms with Gasteiger partial charge in [-0.05, 0) is 68.4 Å². The number of methoxy groups -OCH3 is 2. The van der Waals surface area contributed by atoms with Crippen LogP contribution in [0.15, 0.2) is 64.1 Å². The van der Waals surface area contributed by atoms with Gasteiger partial charge in [0.25, 0.3) is 5.56 Å². The summed E-state index contributed by atoms with van der Waals surface area (Å²) in [6, 6.07) is 12.8. The Balaban J connectivity index is 1.33. The van der Waals surface area contributed by atoms with E-state index in [1.807, 2.05) is 24.3 Å². The smallest absolute Gasteiger partial charge is 0.262 e. The van der Waals surface area contributed by atoms with E-state index < -0.39 is 0 Å². The average molecular weight is 579 g/mol. The number of para-hydroxylation sites is 1. The highest BCUT2D eigenvalue weighted by atomic mass is 32.2. The van der Waals surface area contributed by atoms with Gasteiger partial charge in [-0.3, -0.25) is 19.0 Å². The van der Waals surface area contributed by atoms with Crippen molar-refractivity contribution in [2.75, 3.05) is 33.1 Å². The monoisotopic (exact) mass is 578 g/mol. The maximum absolute atomic E-state index is 13.3. The topological polar surface area (TPSA) is 112 Å². The maximum Gasteiger partial charge on any atom is 0.262 e. The predicted octanol–water partition coefficient (Wildman–Crippen LogP) is 4.26. The van der Waals surface area contributed by atoms with Crippen molar-refractivity contribution in [1.29, 1.82) is 0 Å². The van der Waals surface area contributed by atoms with Gasteiger partial charge >= 0.3 is 0 Å². The number of hydrogen-bond acceptors (Lipinski definition) is 7. The SMILES string of the molecule is COc1ccc(CCNC(=O)CCn2c(SCC(=O)NCCC3=CCCCC3)nc3ccccc3c2=O)cc1OC. The molecule has 41 heavy (non-hydrogen) atoms. The molecule has 2 amide bonds.